The largest absolute Gasteiger partial charge is 0.346 e. The number of aromatic nitrogens is 1. The van der Waals surface area contributed by atoms with E-state index in [2.05, 4.69) is 10.3 Å². The maximum atomic E-state index is 12.3. The van der Waals surface area contributed by atoms with Gasteiger partial charge in [0, 0.05) is 11.1 Å². The first-order valence-corrected chi connectivity index (χ1v) is 9.33. The molecule has 1 saturated heterocycles. The van der Waals surface area contributed by atoms with Gasteiger partial charge in [-0.15, -0.1) is 10.6 Å². The second-order valence-corrected chi connectivity index (χ2v) is 7.96. The molecule has 1 fully saturated rings. The van der Waals surface area contributed by atoms with E-state index < -0.39 is 16.1 Å². The van der Waals surface area contributed by atoms with E-state index in [1.807, 2.05) is 41.8 Å². The molecule has 6 nitrogen and oxygen atoms in total. The molecule has 1 unspecified atom stereocenters. The van der Waals surface area contributed by atoms with Crippen molar-refractivity contribution < 1.29 is 13.5 Å². The zero-order valence-corrected chi connectivity index (χ0v) is 13.5. The van der Waals surface area contributed by atoms with Gasteiger partial charge in [0.1, 0.15) is 5.56 Å². The highest BCUT2D eigenvalue weighted by Crippen LogP contribution is 2.68. The molecule has 0 saturated carbocycles. The first-order valence-electron chi connectivity index (χ1n) is 7.62. The van der Waals surface area contributed by atoms with Crippen molar-refractivity contribution in [1.82, 2.24) is 10.3 Å². The van der Waals surface area contributed by atoms with Crippen molar-refractivity contribution in [3.8, 4) is 11.3 Å². The van der Waals surface area contributed by atoms with Crippen LogP contribution in [0.25, 0.3) is 11.3 Å². The number of benzene rings is 1. The van der Waals surface area contributed by atoms with E-state index in [1.165, 1.54) is 0 Å². The Morgan fingerprint density at radius 1 is 1.17 bits per heavy atom. The lowest BCUT2D eigenvalue weighted by molar-refractivity contribution is 0.0850. The minimum Gasteiger partial charge on any atom is -0.346 e. The van der Waals surface area contributed by atoms with Gasteiger partial charge in [0.15, 0.2) is 0 Å². The Bertz CT molecular complexity index is 858. The lowest BCUT2D eigenvalue weighted by Gasteiger charge is -2.22. The number of H-pyrrole nitrogens is 1. The van der Waals surface area contributed by atoms with Crippen molar-refractivity contribution >= 4 is 16.5 Å². The summed E-state index contributed by atoms with van der Waals surface area (Å²) < 4.78 is 9.96. The maximum absolute atomic E-state index is 12.3. The molecule has 0 aliphatic carbocycles. The first kappa shape index (κ1) is 15.2. The number of aromatic amines is 1. The van der Waals surface area contributed by atoms with Crippen LogP contribution in [0.4, 0.5) is 0 Å². The fourth-order valence-electron chi connectivity index (χ4n) is 2.62. The summed E-state index contributed by atoms with van der Waals surface area (Å²) in [5.41, 5.74) is 1.29. The normalized spacial score (nSPS) is 22.1. The Hall–Kier alpha value is -2.35. The molecular weight excluding hydrogens is 328 g/mol. The van der Waals surface area contributed by atoms with E-state index in [1.54, 1.807) is 12.1 Å². The van der Waals surface area contributed by atoms with Crippen molar-refractivity contribution in [2.75, 3.05) is 5.75 Å². The van der Waals surface area contributed by atoms with Gasteiger partial charge in [-0.2, -0.15) is 0 Å². The van der Waals surface area contributed by atoms with Gasteiger partial charge >= 0.3 is 0 Å². The fourth-order valence-corrected chi connectivity index (χ4v) is 4.28. The Kier molecular flexibility index (Phi) is 3.76. The van der Waals surface area contributed by atoms with E-state index in [-0.39, 0.29) is 17.5 Å². The van der Waals surface area contributed by atoms with Crippen molar-refractivity contribution in [1.29, 1.82) is 0 Å². The molecule has 2 aromatic rings. The summed E-state index contributed by atoms with van der Waals surface area (Å²) in [5.74, 6) is 0.381. The highest BCUT2D eigenvalue weighted by molar-refractivity contribution is 8.31. The molecule has 4 rings (SSSR count). The molecule has 0 bridgehead atoms. The monoisotopic (exact) mass is 344 g/mol. The van der Waals surface area contributed by atoms with Crippen LogP contribution in [0.1, 0.15) is 16.8 Å². The lowest BCUT2D eigenvalue weighted by Crippen LogP contribution is -2.38. The van der Waals surface area contributed by atoms with Crippen LogP contribution in [0.15, 0.2) is 58.7 Å². The predicted molar refractivity (Wildman–Crippen MR) is 92.1 cm³/mol. The number of hydrogen-bond donors (Lipinski definition) is 2. The third-order valence-electron chi connectivity index (χ3n) is 4.03. The molecule has 1 spiro atoms. The van der Waals surface area contributed by atoms with Gasteiger partial charge in [-0.3, -0.25) is 9.59 Å². The van der Waals surface area contributed by atoms with Crippen LogP contribution in [0.5, 0.6) is 0 Å². The van der Waals surface area contributed by atoms with Crippen LogP contribution in [0.3, 0.4) is 0 Å². The highest BCUT2D eigenvalue weighted by Gasteiger charge is 2.39. The van der Waals surface area contributed by atoms with Gasteiger partial charge in [-0.25, -0.2) is 0 Å². The number of pyridine rings is 1. The molecule has 7 heteroatoms. The SMILES string of the molecule is O=C(NC1C=CS2(CC1)OO2)c1ccc(-c2ccccc2)[nH]c1=O. The van der Waals surface area contributed by atoms with Crippen LogP contribution in [0, 0.1) is 0 Å². The van der Waals surface area contributed by atoms with E-state index in [0.29, 0.717) is 5.69 Å². The Morgan fingerprint density at radius 2 is 1.96 bits per heavy atom. The zero-order chi connectivity index (χ0) is 16.6. The van der Waals surface area contributed by atoms with E-state index >= 15 is 0 Å². The molecule has 1 atom stereocenters. The predicted octanol–water partition coefficient (Wildman–Crippen LogP) is 2.65. The zero-order valence-electron chi connectivity index (χ0n) is 12.7. The van der Waals surface area contributed by atoms with Gasteiger partial charge in [-0.05, 0) is 30.2 Å². The minimum atomic E-state index is -1.41. The molecule has 2 aliphatic rings. The molecule has 24 heavy (non-hydrogen) atoms. The minimum absolute atomic E-state index is 0.106. The number of carbonyl (C=O) groups excluding carboxylic acids is 1. The molecular formula is C17H16N2O4S. The van der Waals surface area contributed by atoms with Gasteiger partial charge in [-0.1, -0.05) is 39.0 Å². The second-order valence-electron chi connectivity index (χ2n) is 5.68. The van der Waals surface area contributed by atoms with E-state index in [4.69, 9.17) is 8.67 Å². The van der Waals surface area contributed by atoms with E-state index in [9.17, 15) is 9.59 Å². The topological polar surface area (TPSA) is 87.0 Å². The van der Waals surface area contributed by atoms with Crippen LogP contribution in [0.2, 0.25) is 0 Å². The average Bonchev–Trinajstić information content (AvgIpc) is 3.37. The van der Waals surface area contributed by atoms with Gasteiger partial charge in [0.05, 0.1) is 11.8 Å². The summed E-state index contributed by atoms with van der Waals surface area (Å²) in [6, 6.07) is 12.7. The third-order valence-corrected chi connectivity index (χ3v) is 5.89. The second kappa shape index (κ2) is 5.94. The fraction of sp³-hybridized carbons (Fsp3) is 0.176. The number of rotatable bonds is 3. The summed E-state index contributed by atoms with van der Waals surface area (Å²) in [6.45, 7) is 0. The number of nitrogens with one attached hydrogen (secondary N) is 2. The molecule has 1 aromatic heterocycles. The Labute approximate surface area is 140 Å². The van der Waals surface area contributed by atoms with E-state index in [0.717, 1.165) is 17.7 Å². The Balaban J connectivity index is 1.50. The summed E-state index contributed by atoms with van der Waals surface area (Å²) in [5, 5.41) is 4.74. The van der Waals surface area contributed by atoms with Crippen molar-refractivity contribution in [2.45, 2.75) is 12.5 Å². The number of amides is 1. The summed E-state index contributed by atoms with van der Waals surface area (Å²) in [4.78, 5) is 27.3. The van der Waals surface area contributed by atoms with Crippen LogP contribution < -0.4 is 10.9 Å². The molecule has 1 amide bonds. The number of hydrogen-bond acceptors (Lipinski definition) is 4. The smallest absolute Gasteiger partial charge is 0.261 e. The molecule has 3 heterocycles. The Morgan fingerprint density at radius 3 is 2.58 bits per heavy atom. The maximum Gasteiger partial charge on any atom is 0.261 e. The van der Waals surface area contributed by atoms with Gasteiger partial charge < -0.3 is 10.3 Å². The van der Waals surface area contributed by atoms with Gasteiger partial charge in [0.25, 0.3) is 11.5 Å². The first-order chi connectivity index (χ1) is 11.7. The van der Waals surface area contributed by atoms with Gasteiger partial charge in [0.2, 0.25) is 0 Å². The summed E-state index contributed by atoms with van der Waals surface area (Å²) in [7, 11) is -1.41. The van der Waals surface area contributed by atoms with Crippen molar-refractivity contribution in [3.63, 3.8) is 0 Å². The van der Waals surface area contributed by atoms with Crippen molar-refractivity contribution in [3.05, 3.63) is 69.9 Å². The van der Waals surface area contributed by atoms with Crippen LogP contribution in [-0.4, -0.2) is 22.7 Å². The quantitative estimate of drug-likeness (QED) is 0.662. The summed E-state index contributed by atoms with van der Waals surface area (Å²) in [6.07, 6.45) is 2.60. The standard InChI is InChI=1S/C17H16N2O4S/c20-16(18-13-8-10-24(11-9-13)22-23-24)14-6-7-15(19-17(14)21)12-4-2-1-3-5-12/h1-8,10,13H,9,11H2,(H,18,20)(H,19,21). The summed E-state index contributed by atoms with van der Waals surface area (Å²) >= 11 is 0. The molecule has 124 valence electrons. The van der Waals surface area contributed by atoms with Crippen molar-refractivity contribution in [2.24, 2.45) is 0 Å². The third kappa shape index (κ3) is 3.01. The lowest BCUT2D eigenvalue weighted by atomic mass is 10.1. The molecule has 2 aliphatic heterocycles. The molecule has 0 radical (unpaired) electrons. The van der Waals surface area contributed by atoms with Crippen LogP contribution >= 0.6 is 10.6 Å². The van der Waals surface area contributed by atoms with Crippen LogP contribution in [-0.2, 0) is 8.67 Å². The number of carbonyl (C=O) groups is 1. The highest BCUT2D eigenvalue weighted by atomic mass is 32.3. The molecule has 2 N–H and O–H groups in total. The average molecular weight is 344 g/mol. The molecule has 1 aromatic carbocycles.